The molecular weight excluding hydrogens is 492 g/mol. The highest BCUT2D eigenvalue weighted by molar-refractivity contribution is 6.30. The van der Waals surface area contributed by atoms with E-state index in [4.69, 9.17) is 33.3 Å². The van der Waals surface area contributed by atoms with Crippen molar-refractivity contribution in [1.29, 1.82) is 5.41 Å². The number of amides is 1. The first-order valence-electron chi connectivity index (χ1n) is 13.0. The van der Waals surface area contributed by atoms with Crippen LogP contribution in [0.15, 0.2) is 12.4 Å². The van der Waals surface area contributed by atoms with Gasteiger partial charge in [-0.05, 0) is 68.6 Å². The molecule has 1 aromatic heterocycles. The van der Waals surface area contributed by atoms with E-state index in [1.807, 2.05) is 24.0 Å². The van der Waals surface area contributed by atoms with Gasteiger partial charge in [-0.3, -0.25) is 15.5 Å². The highest BCUT2D eigenvalue weighted by Gasteiger charge is 2.42. The van der Waals surface area contributed by atoms with Crippen LogP contribution in [0.2, 0.25) is 0 Å². The third-order valence-electron chi connectivity index (χ3n) is 8.49. The van der Waals surface area contributed by atoms with Crippen molar-refractivity contribution in [3.8, 4) is 0 Å². The summed E-state index contributed by atoms with van der Waals surface area (Å²) in [5.74, 6) is 0.442. The van der Waals surface area contributed by atoms with Crippen LogP contribution in [0.25, 0.3) is 0 Å². The van der Waals surface area contributed by atoms with E-state index >= 15 is 4.39 Å². The lowest BCUT2D eigenvalue weighted by atomic mass is 9.67. The van der Waals surface area contributed by atoms with Crippen molar-refractivity contribution in [2.75, 3.05) is 20.2 Å². The Hall–Kier alpha value is -1.09. The normalized spacial score (nSPS) is 38.3. The fourth-order valence-corrected chi connectivity index (χ4v) is 7.03. The molecule has 9 unspecified atom stereocenters. The second-order valence-corrected chi connectivity index (χ2v) is 12.0. The number of methoxy groups -OCH3 is 1. The Balaban J connectivity index is 1.44. The molecule has 1 amide bonds. The van der Waals surface area contributed by atoms with Gasteiger partial charge in [0.25, 0.3) is 0 Å². The summed E-state index contributed by atoms with van der Waals surface area (Å²) in [6.45, 7) is 1.57. The maximum absolute atomic E-state index is 15.1. The van der Waals surface area contributed by atoms with Gasteiger partial charge in [-0.25, -0.2) is 4.39 Å². The van der Waals surface area contributed by atoms with E-state index < -0.39 is 6.17 Å². The number of aryl methyl sites for hydroxylation is 1. The predicted molar refractivity (Wildman–Crippen MR) is 135 cm³/mol. The fourth-order valence-electron chi connectivity index (χ4n) is 6.42. The molecular formula is C25H40Cl2FN5O2. The fraction of sp³-hybridized carbons (Fsp3) is 0.840. The number of alkyl halides is 3. The van der Waals surface area contributed by atoms with Crippen molar-refractivity contribution in [1.82, 2.24) is 19.8 Å². The van der Waals surface area contributed by atoms with Gasteiger partial charge in [0.2, 0.25) is 11.5 Å². The van der Waals surface area contributed by atoms with Crippen molar-refractivity contribution in [3.05, 3.63) is 18.0 Å². The van der Waals surface area contributed by atoms with Crippen molar-refractivity contribution in [3.63, 3.8) is 0 Å². The van der Waals surface area contributed by atoms with Gasteiger partial charge >= 0.3 is 0 Å². The Labute approximate surface area is 217 Å². The summed E-state index contributed by atoms with van der Waals surface area (Å²) in [7, 11) is 3.51. The number of hydrogen-bond donors (Lipinski definition) is 3. The van der Waals surface area contributed by atoms with Crippen molar-refractivity contribution in [2.45, 2.75) is 74.6 Å². The topological polar surface area (TPSA) is 84.1 Å². The van der Waals surface area contributed by atoms with Gasteiger partial charge < -0.3 is 19.2 Å². The van der Waals surface area contributed by atoms with Crippen LogP contribution in [0.3, 0.4) is 0 Å². The molecule has 4 rings (SSSR count). The first-order chi connectivity index (χ1) is 16.7. The Morgan fingerprint density at radius 2 is 1.97 bits per heavy atom. The number of ether oxygens (including phenoxy) is 1. The quantitative estimate of drug-likeness (QED) is 0.471. The maximum Gasteiger partial charge on any atom is 0.223 e. The first-order valence-corrected chi connectivity index (χ1v) is 13.8. The molecule has 3 aliphatic rings. The molecule has 0 bridgehead atoms. The number of nitrogens with zero attached hydrogens (tertiary/aromatic N) is 2. The summed E-state index contributed by atoms with van der Waals surface area (Å²) in [6, 6.07) is 0. The van der Waals surface area contributed by atoms with Crippen LogP contribution in [0.1, 0.15) is 44.9 Å². The van der Waals surface area contributed by atoms with Gasteiger partial charge in [0.05, 0.1) is 5.38 Å². The molecule has 3 fully saturated rings. The van der Waals surface area contributed by atoms with E-state index in [0.29, 0.717) is 37.5 Å². The molecule has 7 nitrogen and oxygen atoms in total. The largest absolute Gasteiger partial charge is 0.367 e. The molecule has 0 radical (unpaired) electrons. The van der Waals surface area contributed by atoms with Crippen molar-refractivity contribution >= 4 is 29.1 Å². The minimum Gasteiger partial charge on any atom is -0.367 e. The molecule has 3 N–H and O–H groups in total. The summed E-state index contributed by atoms with van der Waals surface area (Å²) in [5.41, 5.74) is 0.434. The summed E-state index contributed by atoms with van der Waals surface area (Å²) in [4.78, 5) is 13.3. The highest BCUT2D eigenvalue weighted by atomic mass is 35.5. The average Bonchev–Trinajstić information content (AvgIpc) is 3.16. The van der Waals surface area contributed by atoms with Gasteiger partial charge in [0.1, 0.15) is 12.4 Å². The Kier molecular flexibility index (Phi) is 9.22. The number of carbonyl (C=O) groups excluding carboxylic acids is 1. The van der Waals surface area contributed by atoms with Crippen LogP contribution < -0.4 is 16.3 Å². The molecule has 0 spiro atoms. The number of aromatic nitrogens is 2. The van der Waals surface area contributed by atoms with E-state index in [9.17, 15) is 4.79 Å². The summed E-state index contributed by atoms with van der Waals surface area (Å²) in [6.07, 6.45) is 8.30. The van der Waals surface area contributed by atoms with Crippen LogP contribution in [0.5, 0.6) is 0 Å². The third-order valence-corrected chi connectivity index (χ3v) is 9.62. The predicted octanol–water partition coefficient (Wildman–Crippen LogP) is 3.39. The lowest BCUT2D eigenvalue weighted by Crippen LogP contribution is -2.50. The minimum absolute atomic E-state index is 0.00967. The number of carbonyl (C=O) groups is 1. The van der Waals surface area contributed by atoms with Crippen molar-refractivity contribution < 1.29 is 13.9 Å². The molecule has 2 heterocycles. The molecule has 1 saturated heterocycles. The van der Waals surface area contributed by atoms with Gasteiger partial charge in [-0.15, -0.1) is 23.2 Å². The van der Waals surface area contributed by atoms with Gasteiger partial charge in [-0.2, -0.15) is 0 Å². The van der Waals surface area contributed by atoms with Crippen molar-refractivity contribution in [2.24, 2.45) is 36.6 Å². The van der Waals surface area contributed by atoms with E-state index in [2.05, 4.69) is 10.6 Å². The number of halogens is 3. The lowest BCUT2D eigenvalue weighted by Gasteiger charge is -2.42. The zero-order valence-corrected chi connectivity index (χ0v) is 22.3. The Morgan fingerprint density at radius 1 is 1.17 bits per heavy atom. The maximum atomic E-state index is 15.1. The molecule has 0 aromatic carbocycles. The number of nitrogens with one attached hydrogen (secondary N) is 3. The lowest BCUT2D eigenvalue weighted by molar-refractivity contribution is -0.128. The monoisotopic (exact) mass is 531 g/mol. The average molecular weight is 533 g/mol. The van der Waals surface area contributed by atoms with E-state index in [1.165, 1.54) is 0 Å². The summed E-state index contributed by atoms with van der Waals surface area (Å²) >= 11 is 12.6. The SMILES string of the molecule is COC1CC(C2CC(Cn3ccn(C)c3=N)CC(C(=O)NCC3CCC(Cl)C(Cl)C3)C2)C(F)CN1. The second kappa shape index (κ2) is 12.0. The molecule has 2 aliphatic carbocycles. The third kappa shape index (κ3) is 6.62. The summed E-state index contributed by atoms with van der Waals surface area (Å²) < 4.78 is 24.3. The number of imidazole rings is 1. The van der Waals surface area contributed by atoms with Crippen LogP contribution in [-0.4, -0.2) is 58.4 Å². The molecule has 35 heavy (non-hydrogen) atoms. The first kappa shape index (κ1) is 27.0. The molecule has 2 saturated carbocycles. The van der Waals surface area contributed by atoms with E-state index in [1.54, 1.807) is 11.7 Å². The number of piperidine rings is 1. The smallest absolute Gasteiger partial charge is 0.223 e. The molecule has 9 atom stereocenters. The van der Waals surface area contributed by atoms with E-state index in [0.717, 1.165) is 32.1 Å². The van der Waals surface area contributed by atoms with Gasteiger partial charge in [0.15, 0.2) is 0 Å². The second-order valence-electron chi connectivity index (χ2n) is 10.9. The standard InChI is InChI=1S/C25H40Cl2FN5O2/c1-32-5-6-33(25(32)29)14-16-7-17(19-11-23(35-2)30-13-22(19)28)10-18(8-16)24(34)31-12-15-3-4-20(26)21(27)9-15/h5-6,15-23,29-30H,3-4,7-14H2,1-2H3,(H,31,34). The summed E-state index contributed by atoms with van der Waals surface area (Å²) in [5, 5.41) is 14.6. The van der Waals surface area contributed by atoms with Crippen LogP contribution in [0.4, 0.5) is 4.39 Å². The molecule has 1 aromatic rings. The Morgan fingerprint density at radius 3 is 2.66 bits per heavy atom. The Bertz CT molecular complexity index is 911. The van der Waals surface area contributed by atoms with Gasteiger partial charge in [0, 0.05) is 57.5 Å². The zero-order chi connectivity index (χ0) is 25.1. The van der Waals surface area contributed by atoms with Crippen LogP contribution in [-0.2, 0) is 23.1 Å². The minimum atomic E-state index is -0.948. The molecule has 10 heteroatoms. The highest BCUT2D eigenvalue weighted by Crippen LogP contribution is 2.42. The van der Waals surface area contributed by atoms with Gasteiger partial charge in [-0.1, -0.05) is 0 Å². The molecule has 198 valence electrons. The number of rotatable bonds is 7. The van der Waals surface area contributed by atoms with Crippen LogP contribution in [0, 0.1) is 35.0 Å². The molecule has 1 aliphatic heterocycles. The van der Waals surface area contributed by atoms with E-state index in [-0.39, 0.29) is 53.1 Å². The number of hydrogen-bond acceptors (Lipinski definition) is 4. The van der Waals surface area contributed by atoms with Crippen LogP contribution >= 0.6 is 23.2 Å². The zero-order valence-electron chi connectivity index (χ0n) is 20.8.